The van der Waals surface area contributed by atoms with Gasteiger partial charge in [0.05, 0.1) is 32.0 Å². The molecule has 0 spiro atoms. The Morgan fingerprint density at radius 2 is 1.13 bits per heavy atom. The van der Waals surface area contributed by atoms with Gasteiger partial charge in [0.15, 0.2) is 42.4 Å². The highest BCUT2D eigenvalue weighted by molar-refractivity contribution is 6.08. The molecule has 2 aromatic rings. The predicted molar refractivity (Wildman–Crippen MR) is 165 cm³/mol. The molecule has 4 fully saturated rings. The lowest BCUT2D eigenvalue weighted by Crippen LogP contribution is -2.29. The molecule has 1 N–H and O–H groups in total. The van der Waals surface area contributed by atoms with Crippen molar-refractivity contribution in [1.82, 2.24) is 0 Å². The summed E-state index contributed by atoms with van der Waals surface area (Å²) < 4.78 is 48.3. The fourth-order valence-electron chi connectivity index (χ4n) is 5.82. The van der Waals surface area contributed by atoms with Crippen molar-refractivity contribution in [1.29, 1.82) is 0 Å². The molecule has 10 nitrogen and oxygen atoms in total. The highest BCUT2D eigenvalue weighted by Gasteiger charge is 2.27. The highest BCUT2D eigenvalue weighted by Crippen LogP contribution is 2.43. The van der Waals surface area contributed by atoms with E-state index in [0.717, 1.165) is 77.0 Å². The molecule has 0 radical (unpaired) electrons. The lowest BCUT2D eigenvalue weighted by molar-refractivity contribution is -0.126. The number of hydrogen-bond donors (Lipinski definition) is 1. The molecule has 4 unspecified atom stereocenters. The van der Waals surface area contributed by atoms with E-state index in [1.807, 2.05) is 12.1 Å². The predicted octanol–water partition coefficient (Wildman–Crippen LogP) is 6.91. The molecule has 45 heavy (non-hydrogen) atoms. The Bertz CT molecular complexity index is 1240. The second-order valence-corrected chi connectivity index (χ2v) is 11.9. The molecule has 4 saturated heterocycles. The minimum Gasteiger partial charge on any atom is -0.507 e. The number of allylic oxidation sites excluding steroid dienone is 1. The molecular weight excluding hydrogens is 580 g/mol. The van der Waals surface area contributed by atoms with Gasteiger partial charge in [0.1, 0.15) is 11.5 Å². The van der Waals surface area contributed by atoms with Gasteiger partial charge in [-0.2, -0.15) is 0 Å². The van der Waals surface area contributed by atoms with Gasteiger partial charge in [-0.1, -0.05) is 6.08 Å². The van der Waals surface area contributed by atoms with Crippen molar-refractivity contribution < 1.29 is 47.8 Å². The van der Waals surface area contributed by atoms with E-state index in [-0.39, 0.29) is 23.4 Å². The lowest BCUT2D eigenvalue weighted by Gasteiger charge is -2.30. The van der Waals surface area contributed by atoms with Crippen LogP contribution in [-0.2, 0) is 18.9 Å². The number of carbonyl (C=O) groups excluding carboxylic acids is 1. The van der Waals surface area contributed by atoms with Crippen LogP contribution in [0.3, 0.4) is 0 Å². The van der Waals surface area contributed by atoms with E-state index < -0.39 is 18.9 Å². The molecule has 0 bridgehead atoms. The maximum absolute atomic E-state index is 13.2. The number of phenolic OH excluding ortho intramolecular Hbond substituents is 1. The van der Waals surface area contributed by atoms with Crippen LogP contribution in [0.15, 0.2) is 36.4 Å². The molecule has 244 valence electrons. The van der Waals surface area contributed by atoms with E-state index in [2.05, 4.69) is 0 Å². The molecule has 0 aliphatic carbocycles. The average Bonchev–Trinajstić information content (AvgIpc) is 3.07. The number of ketones is 1. The summed E-state index contributed by atoms with van der Waals surface area (Å²) in [6.07, 6.45) is 12.6. The second kappa shape index (κ2) is 15.8. The second-order valence-electron chi connectivity index (χ2n) is 11.9. The van der Waals surface area contributed by atoms with Crippen LogP contribution in [0.25, 0.3) is 6.08 Å². The number of ether oxygens (including phenoxy) is 8. The highest BCUT2D eigenvalue weighted by atomic mass is 16.7. The van der Waals surface area contributed by atoms with E-state index in [9.17, 15) is 9.90 Å². The molecule has 4 aliphatic heterocycles. The van der Waals surface area contributed by atoms with Gasteiger partial charge in [0.2, 0.25) is 5.75 Å². The van der Waals surface area contributed by atoms with Crippen LogP contribution in [0.1, 0.15) is 93.0 Å². The number of hydrogen-bond acceptors (Lipinski definition) is 10. The summed E-state index contributed by atoms with van der Waals surface area (Å²) in [7, 11) is 0. The number of benzene rings is 2. The molecule has 0 amide bonds. The first kappa shape index (κ1) is 31.7. The van der Waals surface area contributed by atoms with Crippen LogP contribution in [0.4, 0.5) is 0 Å². The van der Waals surface area contributed by atoms with Crippen LogP contribution in [0.2, 0.25) is 0 Å². The van der Waals surface area contributed by atoms with Crippen LogP contribution in [0.5, 0.6) is 28.7 Å². The Kier molecular flexibility index (Phi) is 11.1. The Hall–Kier alpha value is -3.31. The first-order valence-electron chi connectivity index (χ1n) is 16.5. The third-order valence-corrected chi connectivity index (χ3v) is 8.29. The summed E-state index contributed by atoms with van der Waals surface area (Å²) in [4.78, 5) is 13.2. The minimum absolute atomic E-state index is 0.161. The van der Waals surface area contributed by atoms with E-state index in [0.29, 0.717) is 55.0 Å². The van der Waals surface area contributed by atoms with Gasteiger partial charge < -0.3 is 43.0 Å². The van der Waals surface area contributed by atoms with E-state index in [1.54, 1.807) is 18.2 Å². The van der Waals surface area contributed by atoms with Gasteiger partial charge >= 0.3 is 0 Å². The zero-order chi connectivity index (χ0) is 30.8. The van der Waals surface area contributed by atoms with Gasteiger partial charge in [-0.25, -0.2) is 0 Å². The normalized spacial score (nSPS) is 25.9. The minimum atomic E-state index is -0.426. The fourth-order valence-corrected chi connectivity index (χ4v) is 5.82. The van der Waals surface area contributed by atoms with Crippen molar-refractivity contribution >= 4 is 11.9 Å². The van der Waals surface area contributed by atoms with E-state index in [4.69, 9.17) is 37.9 Å². The lowest BCUT2D eigenvalue weighted by atomic mass is 10.1. The summed E-state index contributed by atoms with van der Waals surface area (Å²) in [6, 6.07) is 8.31. The van der Waals surface area contributed by atoms with Crippen molar-refractivity contribution in [2.45, 2.75) is 102 Å². The van der Waals surface area contributed by atoms with Crippen molar-refractivity contribution in [3.05, 3.63) is 47.5 Å². The third-order valence-electron chi connectivity index (χ3n) is 8.29. The van der Waals surface area contributed by atoms with Crippen LogP contribution in [0, 0.1) is 0 Å². The molecule has 2 aromatic carbocycles. The number of carbonyl (C=O) groups is 1. The average molecular weight is 625 g/mol. The van der Waals surface area contributed by atoms with Crippen molar-refractivity contribution in [3.8, 4) is 28.7 Å². The zero-order valence-corrected chi connectivity index (χ0v) is 25.8. The maximum atomic E-state index is 13.2. The smallest absolute Gasteiger partial charge is 0.206 e. The summed E-state index contributed by atoms with van der Waals surface area (Å²) >= 11 is 0. The van der Waals surface area contributed by atoms with Gasteiger partial charge in [-0.15, -0.1) is 0 Å². The van der Waals surface area contributed by atoms with Crippen LogP contribution >= 0.6 is 0 Å². The quantitative estimate of drug-likeness (QED) is 0.209. The Morgan fingerprint density at radius 1 is 0.644 bits per heavy atom. The summed E-state index contributed by atoms with van der Waals surface area (Å²) in [5.74, 6) is 1.27. The number of rotatable bonds is 11. The Labute approximate surface area is 264 Å². The van der Waals surface area contributed by atoms with E-state index in [1.165, 1.54) is 12.1 Å². The molecule has 0 saturated carbocycles. The first-order valence-corrected chi connectivity index (χ1v) is 16.5. The van der Waals surface area contributed by atoms with E-state index >= 15 is 0 Å². The van der Waals surface area contributed by atoms with Crippen molar-refractivity contribution in [2.75, 3.05) is 26.4 Å². The topological polar surface area (TPSA) is 111 Å². The summed E-state index contributed by atoms with van der Waals surface area (Å²) in [5.41, 5.74) is 0.822. The maximum Gasteiger partial charge on any atom is 0.206 e. The first-order chi connectivity index (χ1) is 22.1. The SMILES string of the molecule is O=C(C=Cc1cc(OC2CCCCO2)c(OC2CCCCO2)c(OC2CCCCO2)c1)c1ccc(OC2CCCCO2)cc1O. The fraction of sp³-hybridized carbons (Fsp3) is 0.571. The molecule has 6 rings (SSSR count). The third kappa shape index (κ3) is 8.91. The molecule has 4 aliphatic rings. The summed E-state index contributed by atoms with van der Waals surface area (Å²) in [6.45, 7) is 2.54. The van der Waals surface area contributed by atoms with Gasteiger partial charge in [-0.05, 0) is 87.3 Å². The van der Waals surface area contributed by atoms with Gasteiger partial charge in [0.25, 0.3) is 0 Å². The van der Waals surface area contributed by atoms with Gasteiger partial charge in [0, 0.05) is 31.7 Å². The van der Waals surface area contributed by atoms with Crippen molar-refractivity contribution in [2.24, 2.45) is 0 Å². The molecule has 0 aromatic heterocycles. The Balaban J connectivity index is 1.25. The largest absolute Gasteiger partial charge is 0.507 e. The monoisotopic (exact) mass is 624 g/mol. The number of aromatic hydroxyl groups is 1. The van der Waals surface area contributed by atoms with Crippen molar-refractivity contribution in [3.63, 3.8) is 0 Å². The standard InChI is InChI=1S/C35H44O10/c36-27(26-15-14-25(23-28(26)37)42-31-9-1-5-17-38-31)16-13-24-21-29(43-32-10-2-6-18-39-32)35(45-34-12-4-8-20-41-34)30(22-24)44-33-11-3-7-19-40-33/h13-16,21-23,31-34,37H,1-12,17-20H2. The van der Waals surface area contributed by atoms with Crippen LogP contribution in [-0.4, -0.2) is 62.5 Å². The van der Waals surface area contributed by atoms with Crippen LogP contribution < -0.4 is 18.9 Å². The zero-order valence-electron chi connectivity index (χ0n) is 25.8. The summed E-state index contributed by atoms with van der Waals surface area (Å²) in [5, 5.41) is 10.7. The molecule has 10 heteroatoms. The molecule has 4 heterocycles. The Morgan fingerprint density at radius 3 is 1.60 bits per heavy atom. The molecular formula is C35H44O10. The molecule has 4 atom stereocenters. The number of phenols is 1. The van der Waals surface area contributed by atoms with Gasteiger partial charge in [-0.3, -0.25) is 4.79 Å².